The van der Waals surface area contributed by atoms with Crippen LogP contribution in [-0.4, -0.2) is 48.2 Å². The Kier molecular flexibility index (Phi) is 5.79. The highest BCUT2D eigenvalue weighted by Gasteiger charge is 2.31. The van der Waals surface area contributed by atoms with Gasteiger partial charge in [0, 0.05) is 36.2 Å². The number of nitrogens with one attached hydrogen (secondary N) is 1. The quantitative estimate of drug-likeness (QED) is 0.509. The predicted molar refractivity (Wildman–Crippen MR) is 132 cm³/mol. The number of anilines is 2. The van der Waals surface area contributed by atoms with Crippen LogP contribution in [0.3, 0.4) is 0 Å². The van der Waals surface area contributed by atoms with E-state index in [2.05, 4.69) is 32.5 Å². The van der Waals surface area contributed by atoms with E-state index in [1.807, 2.05) is 25.1 Å². The van der Waals surface area contributed by atoms with Crippen molar-refractivity contribution in [2.24, 2.45) is 4.99 Å². The Morgan fingerprint density at radius 2 is 2.00 bits per heavy atom. The molecule has 176 valence electrons. The van der Waals surface area contributed by atoms with Crippen molar-refractivity contribution >= 4 is 41.0 Å². The van der Waals surface area contributed by atoms with Crippen molar-refractivity contribution in [1.82, 2.24) is 5.16 Å². The SMILES string of the molecule is COc1cc(N=CC2C(=O)Nc3cc(Cl)c(-c4ccc(N5CCC(C)(O)CC5)cc4)cc32)on1. The molecule has 5 rings (SSSR count). The van der Waals surface area contributed by atoms with Crippen molar-refractivity contribution in [3.05, 3.63) is 53.1 Å². The van der Waals surface area contributed by atoms with E-state index in [1.54, 1.807) is 12.1 Å². The molecule has 2 aromatic carbocycles. The third-order valence-corrected chi connectivity index (χ3v) is 6.75. The Morgan fingerprint density at radius 1 is 1.26 bits per heavy atom. The van der Waals surface area contributed by atoms with Gasteiger partial charge >= 0.3 is 0 Å². The lowest BCUT2D eigenvalue weighted by atomic mass is 9.93. The van der Waals surface area contributed by atoms with Crippen molar-refractivity contribution in [3.8, 4) is 17.0 Å². The van der Waals surface area contributed by atoms with Crippen molar-refractivity contribution < 1.29 is 19.2 Å². The molecule has 0 saturated carbocycles. The van der Waals surface area contributed by atoms with Crippen molar-refractivity contribution in [2.75, 3.05) is 30.4 Å². The second-order valence-corrected chi connectivity index (χ2v) is 9.31. The number of amides is 1. The molecule has 1 unspecified atom stereocenters. The van der Waals surface area contributed by atoms with E-state index in [-0.39, 0.29) is 11.8 Å². The second kappa shape index (κ2) is 8.77. The van der Waals surface area contributed by atoms with Gasteiger partial charge in [-0.1, -0.05) is 23.7 Å². The van der Waals surface area contributed by atoms with E-state index < -0.39 is 11.5 Å². The Labute approximate surface area is 202 Å². The first-order valence-corrected chi connectivity index (χ1v) is 11.5. The molecule has 3 aromatic rings. The first-order chi connectivity index (χ1) is 16.3. The zero-order valence-corrected chi connectivity index (χ0v) is 19.7. The summed E-state index contributed by atoms with van der Waals surface area (Å²) < 4.78 is 10.1. The highest BCUT2D eigenvalue weighted by molar-refractivity contribution is 6.34. The van der Waals surface area contributed by atoms with Gasteiger partial charge in [-0.05, 0) is 60.3 Å². The third kappa shape index (κ3) is 4.38. The molecule has 1 amide bonds. The molecule has 34 heavy (non-hydrogen) atoms. The van der Waals surface area contributed by atoms with E-state index >= 15 is 0 Å². The zero-order valence-electron chi connectivity index (χ0n) is 18.9. The number of nitrogens with zero attached hydrogens (tertiary/aromatic N) is 3. The minimum atomic E-state index is -0.584. The Balaban J connectivity index is 1.39. The summed E-state index contributed by atoms with van der Waals surface area (Å²) in [5.74, 6) is -0.199. The summed E-state index contributed by atoms with van der Waals surface area (Å²) >= 11 is 6.59. The summed E-state index contributed by atoms with van der Waals surface area (Å²) in [6.07, 6.45) is 3.03. The van der Waals surface area contributed by atoms with Crippen LogP contribution in [0.15, 0.2) is 52.0 Å². The minimum absolute atomic E-state index is 0.185. The van der Waals surface area contributed by atoms with Crippen LogP contribution >= 0.6 is 11.6 Å². The number of piperidine rings is 1. The molecule has 0 spiro atoms. The molecule has 1 saturated heterocycles. The molecule has 0 aliphatic carbocycles. The second-order valence-electron chi connectivity index (χ2n) is 8.90. The molecule has 1 fully saturated rings. The fourth-order valence-electron chi connectivity index (χ4n) is 4.33. The third-order valence-electron chi connectivity index (χ3n) is 6.43. The van der Waals surface area contributed by atoms with Crippen LogP contribution in [-0.2, 0) is 4.79 Å². The van der Waals surface area contributed by atoms with Gasteiger partial charge in [-0.2, -0.15) is 0 Å². The average molecular weight is 481 g/mol. The lowest BCUT2D eigenvalue weighted by molar-refractivity contribution is -0.115. The Hall–Kier alpha value is -3.36. The van der Waals surface area contributed by atoms with Crippen LogP contribution in [0, 0.1) is 0 Å². The van der Waals surface area contributed by atoms with Gasteiger partial charge in [0.2, 0.25) is 5.91 Å². The molecule has 1 aromatic heterocycles. The van der Waals surface area contributed by atoms with E-state index in [1.165, 1.54) is 13.3 Å². The number of aromatic nitrogens is 1. The predicted octanol–water partition coefficient (Wildman–Crippen LogP) is 4.79. The Bertz CT molecular complexity index is 1240. The monoisotopic (exact) mass is 480 g/mol. The minimum Gasteiger partial charge on any atom is -0.479 e. The van der Waals surface area contributed by atoms with Crippen LogP contribution in [0.25, 0.3) is 11.1 Å². The number of methoxy groups -OCH3 is 1. The first-order valence-electron chi connectivity index (χ1n) is 11.1. The molecule has 9 heteroatoms. The van der Waals surface area contributed by atoms with E-state index in [4.69, 9.17) is 20.9 Å². The molecule has 1 atom stereocenters. The van der Waals surface area contributed by atoms with Gasteiger partial charge in [0.05, 0.1) is 23.8 Å². The highest BCUT2D eigenvalue weighted by atomic mass is 35.5. The van der Waals surface area contributed by atoms with Crippen molar-refractivity contribution in [3.63, 3.8) is 0 Å². The number of benzene rings is 2. The zero-order chi connectivity index (χ0) is 23.9. The molecule has 8 nitrogen and oxygen atoms in total. The van der Waals surface area contributed by atoms with Crippen molar-refractivity contribution in [2.45, 2.75) is 31.3 Å². The number of carbonyl (C=O) groups excluding carboxylic acids is 1. The number of rotatable bonds is 5. The molecule has 2 N–H and O–H groups in total. The van der Waals surface area contributed by atoms with Crippen molar-refractivity contribution in [1.29, 1.82) is 0 Å². The summed E-state index contributed by atoms with van der Waals surface area (Å²) in [4.78, 5) is 19.1. The van der Waals surface area contributed by atoms with Gasteiger partial charge in [-0.3, -0.25) is 4.79 Å². The maximum atomic E-state index is 12.6. The molecule has 0 bridgehead atoms. The average Bonchev–Trinajstić information content (AvgIpc) is 3.40. The van der Waals surface area contributed by atoms with Crippen LogP contribution in [0.5, 0.6) is 5.88 Å². The van der Waals surface area contributed by atoms with Gasteiger partial charge in [-0.25, -0.2) is 4.99 Å². The lowest BCUT2D eigenvalue weighted by Crippen LogP contribution is -2.42. The number of hydrogen-bond donors (Lipinski definition) is 2. The molecule has 0 radical (unpaired) electrons. The molecule has 2 aliphatic heterocycles. The topological polar surface area (TPSA) is 100 Å². The fraction of sp³-hybridized carbons (Fsp3) is 0.320. The summed E-state index contributed by atoms with van der Waals surface area (Å²) in [5, 5.41) is 17.3. The number of halogens is 1. The van der Waals surface area contributed by atoms with Gasteiger partial charge in [0.1, 0.15) is 5.92 Å². The molecule has 3 heterocycles. The van der Waals surface area contributed by atoms with Crippen LogP contribution < -0.4 is 15.0 Å². The van der Waals surface area contributed by atoms with E-state index in [0.29, 0.717) is 16.6 Å². The largest absolute Gasteiger partial charge is 0.479 e. The fourth-order valence-corrected chi connectivity index (χ4v) is 4.60. The maximum absolute atomic E-state index is 12.6. The molecular weight excluding hydrogens is 456 g/mol. The normalized spacial score (nSPS) is 19.4. The lowest BCUT2D eigenvalue weighted by Gasteiger charge is -2.37. The number of aliphatic hydroxyl groups is 1. The standard InChI is InChI=1S/C25H25ClN4O4/c1-25(32)7-9-30(10-8-25)16-5-3-15(4-6-16)17-11-18-19(24(31)28-21(18)12-20(17)26)14-27-22-13-23(33-2)29-34-22/h3-6,11-14,19,32H,7-10H2,1-2H3,(H,28,31). The summed E-state index contributed by atoms with van der Waals surface area (Å²) in [5.41, 5.74) is 3.78. The van der Waals surface area contributed by atoms with E-state index in [9.17, 15) is 9.90 Å². The number of carbonyl (C=O) groups is 1. The number of aliphatic imine (C=N–C) groups is 1. The van der Waals surface area contributed by atoms with Crippen LogP contribution in [0.1, 0.15) is 31.2 Å². The summed E-state index contributed by atoms with van der Waals surface area (Å²) in [6, 6.07) is 13.4. The van der Waals surface area contributed by atoms with Crippen LogP contribution in [0.4, 0.5) is 17.3 Å². The van der Waals surface area contributed by atoms with Gasteiger partial charge in [0.25, 0.3) is 11.8 Å². The summed E-state index contributed by atoms with van der Waals surface area (Å²) in [6.45, 7) is 3.53. The van der Waals surface area contributed by atoms with E-state index in [0.717, 1.165) is 48.3 Å². The Morgan fingerprint density at radius 3 is 2.68 bits per heavy atom. The van der Waals surface area contributed by atoms with Gasteiger partial charge in [0.15, 0.2) is 0 Å². The maximum Gasteiger partial charge on any atom is 0.256 e. The number of ether oxygens (including phenoxy) is 1. The first kappa shape index (κ1) is 22.4. The number of hydrogen-bond acceptors (Lipinski definition) is 7. The molecular formula is C25H25ClN4O4. The summed E-state index contributed by atoms with van der Waals surface area (Å²) in [7, 11) is 1.49. The van der Waals surface area contributed by atoms with Gasteiger partial charge in [-0.15, -0.1) is 0 Å². The smallest absolute Gasteiger partial charge is 0.256 e. The molecule has 2 aliphatic rings. The number of fused-ring (bicyclic) bond motifs is 1. The highest BCUT2D eigenvalue weighted by Crippen LogP contribution is 2.40. The van der Waals surface area contributed by atoms with Crippen LogP contribution in [0.2, 0.25) is 5.02 Å². The van der Waals surface area contributed by atoms with Gasteiger partial charge < -0.3 is 24.6 Å².